The lowest BCUT2D eigenvalue weighted by Crippen LogP contribution is -2.42. The normalized spacial score (nSPS) is 16.3. The van der Waals surface area contributed by atoms with Gasteiger partial charge in [-0.25, -0.2) is 0 Å². The van der Waals surface area contributed by atoms with Gasteiger partial charge in [-0.2, -0.15) is 0 Å². The molecular weight excluding hydrogens is 330 g/mol. The summed E-state index contributed by atoms with van der Waals surface area (Å²) in [4.78, 5) is 26.7. The molecule has 2 N–H and O–H groups in total. The molecule has 0 spiro atoms. The highest BCUT2D eigenvalue weighted by Gasteiger charge is 2.29. The fourth-order valence-corrected chi connectivity index (χ4v) is 3.12. The summed E-state index contributed by atoms with van der Waals surface area (Å²) < 4.78 is 5.58. The minimum absolute atomic E-state index is 0.0881. The van der Waals surface area contributed by atoms with E-state index in [4.69, 9.17) is 4.74 Å². The van der Waals surface area contributed by atoms with E-state index in [1.807, 2.05) is 62.4 Å². The van der Waals surface area contributed by atoms with Crippen molar-refractivity contribution in [2.24, 2.45) is 0 Å². The Morgan fingerprint density at radius 2 is 1.96 bits per heavy atom. The second-order valence-corrected chi connectivity index (χ2v) is 6.16. The number of nitrogens with zero attached hydrogens (tertiary/aromatic N) is 1. The number of nitrogens with one attached hydrogen (secondary N) is 2. The van der Waals surface area contributed by atoms with E-state index in [0.29, 0.717) is 18.0 Å². The van der Waals surface area contributed by atoms with Crippen LogP contribution in [0.2, 0.25) is 0 Å². The maximum absolute atomic E-state index is 13.0. The van der Waals surface area contributed by atoms with E-state index in [1.165, 1.54) is 0 Å². The first-order valence-corrected chi connectivity index (χ1v) is 8.76. The highest BCUT2D eigenvalue weighted by Crippen LogP contribution is 2.31. The zero-order chi connectivity index (χ0) is 18.5. The Balaban J connectivity index is 1.80. The molecule has 2 amide bonds. The number of anilines is 3. The fraction of sp³-hybridized carbons (Fsp3) is 0.300. The summed E-state index contributed by atoms with van der Waals surface area (Å²) in [6.07, 6.45) is 0.260. The van der Waals surface area contributed by atoms with Crippen molar-refractivity contribution in [3.8, 4) is 5.75 Å². The molecule has 3 rings (SSSR count). The SMILES string of the molecule is CCOc1ccccc1NCC(=O)N1c2ccccc2NC(=O)C[C@@H]1C. The molecule has 2 aromatic rings. The Kier molecular flexibility index (Phi) is 5.41. The third-order valence-electron chi connectivity index (χ3n) is 4.24. The van der Waals surface area contributed by atoms with E-state index in [-0.39, 0.29) is 30.8 Å². The number of ether oxygens (including phenoxy) is 1. The lowest BCUT2D eigenvalue weighted by molar-refractivity contribution is -0.118. The number of hydrogen-bond acceptors (Lipinski definition) is 4. The largest absolute Gasteiger partial charge is 0.492 e. The van der Waals surface area contributed by atoms with Gasteiger partial charge in [0.15, 0.2) is 0 Å². The van der Waals surface area contributed by atoms with Crippen LogP contribution in [0.1, 0.15) is 20.3 Å². The second-order valence-electron chi connectivity index (χ2n) is 6.16. The Morgan fingerprint density at radius 3 is 2.77 bits per heavy atom. The van der Waals surface area contributed by atoms with Gasteiger partial charge in [-0.15, -0.1) is 0 Å². The van der Waals surface area contributed by atoms with Gasteiger partial charge in [-0.05, 0) is 38.1 Å². The molecule has 0 bridgehead atoms. The van der Waals surface area contributed by atoms with Crippen LogP contribution in [0.25, 0.3) is 0 Å². The van der Waals surface area contributed by atoms with Crippen molar-refractivity contribution in [2.75, 3.05) is 28.7 Å². The number of carbonyl (C=O) groups excluding carboxylic acids is 2. The smallest absolute Gasteiger partial charge is 0.246 e. The number of hydrogen-bond donors (Lipinski definition) is 2. The molecular formula is C20H23N3O3. The minimum atomic E-state index is -0.227. The lowest BCUT2D eigenvalue weighted by Gasteiger charge is -2.28. The van der Waals surface area contributed by atoms with Crippen molar-refractivity contribution >= 4 is 28.9 Å². The number of carbonyl (C=O) groups is 2. The maximum atomic E-state index is 13.0. The van der Waals surface area contributed by atoms with Gasteiger partial charge < -0.3 is 20.3 Å². The first kappa shape index (κ1) is 17.8. The molecule has 6 nitrogen and oxygen atoms in total. The molecule has 136 valence electrons. The van der Waals surface area contributed by atoms with E-state index >= 15 is 0 Å². The number of fused-ring (bicyclic) bond motifs is 1. The average Bonchev–Trinajstić information content (AvgIpc) is 2.75. The predicted octanol–water partition coefficient (Wildman–Crippen LogP) is 3.26. The Morgan fingerprint density at radius 1 is 1.23 bits per heavy atom. The lowest BCUT2D eigenvalue weighted by atomic mass is 10.1. The standard InChI is InChI=1S/C20H23N3O3/c1-3-26-18-11-7-5-9-16(18)21-13-20(25)23-14(2)12-19(24)22-15-8-4-6-10-17(15)23/h4-11,14,21H,3,12-13H2,1-2H3,(H,22,24)/t14-/m0/s1. The van der Waals surface area contributed by atoms with Crippen LogP contribution in [0.15, 0.2) is 48.5 Å². The van der Waals surface area contributed by atoms with E-state index in [1.54, 1.807) is 4.90 Å². The molecule has 0 radical (unpaired) electrons. The first-order valence-electron chi connectivity index (χ1n) is 8.76. The number of benzene rings is 2. The van der Waals surface area contributed by atoms with Gasteiger partial charge in [-0.1, -0.05) is 24.3 Å². The van der Waals surface area contributed by atoms with Crippen LogP contribution >= 0.6 is 0 Å². The summed E-state index contributed by atoms with van der Waals surface area (Å²) in [5.74, 6) is 0.520. The summed E-state index contributed by atoms with van der Waals surface area (Å²) in [5.41, 5.74) is 2.15. The summed E-state index contributed by atoms with van der Waals surface area (Å²) in [6.45, 7) is 4.46. The molecule has 26 heavy (non-hydrogen) atoms. The van der Waals surface area contributed by atoms with Gasteiger partial charge in [0, 0.05) is 12.5 Å². The van der Waals surface area contributed by atoms with Gasteiger partial charge in [0.1, 0.15) is 5.75 Å². The van der Waals surface area contributed by atoms with Gasteiger partial charge >= 0.3 is 0 Å². The van der Waals surface area contributed by atoms with Crippen LogP contribution in [-0.2, 0) is 9.59 Å². The van der Waals surface area contributed by atoms with Crippen molar-refractivity contribution in [1.29, 1.82) is 0 Å². The fourth-order valence-electron chi connectivity index (χ4n) is 3.12. The van der Waals surface area contributed by atoms with Crippen LogP contribution < -0.4 is 20.3 Å². The zero-order valence-corrected chi connectivity index (χ0v) is 15.0. The topological polar surface area (TPSA) is 70.7 Å². The van der Waals surface area contributed by atoms with E-state index < -0.39 is 0 Å². The van der Waals surface area contributed by atoms with Crippen LogP contribution in [0, 0.1) is 0 Å². The molecule has 2 aromatic carbocycles. The number of rotatable bonds is 5. The average molecular weight is 353 g/mol. The third kappa shape index (κ3) is 3.79. The zero-order valence-electron chi connectivity index (χ0n) is 15.0. The molecule has 1 aliphatic rings. The molecule has 0 saturated carbocycles. The quantitative estimate of drug-likeness (QED) is 0.866. The molecule has 1 heterocycles. The monoisotopic (exact) mass is 353 g/mol. The number of para-hydroxylation sites is 4. The van der Waals surface area contributed by atoms with Crippen molar-refractivity contribution in [3.63, 3.8) is 0 Å². The Hall–Kier alpha value is -3.02. The van der Waals surface area contributed by atoms with Crippen LogP contribution in [0.5, 0.6) is 5.75 Å². The molecule has 1 aliphatic heterocycles. The maximum Gasteiger partial charge on any atom is 0.246 e. The van der Waals surface area contributed by atoms with Crippen LogP contribution in [0.4, 0.5) is 17.1 Å². The number of amides is 2. The molecule has 0 aliphatic carbocycles. The highest BCUT2D eigenvalue weighted by molar-refractivity contribution is 6.05. The predicted molar refractivity (Wildman–Crippen MR) is 103 cm³/mol. The Labute approximate surface area is 153 Å². The third-order valence-corrected chi connectivity index (χ3v) is 4.24. The Bertz CT molecular complexity index is 806. The molecule has 1 atom stereocenters. The molecule has 0 unspecified atom stereocenters. The van der Waals surface area contributed by atoms with Gasteiger partial charge in [0.25, 0.3) is 0 Å². The summed E-state index contributed by atoms with van der Waals surface area (Å²) in [7, 11) is 0. The second kappa shape index (κ2) is 7.91. The molecule has 0 aromatic heterocycles. The van der Waals surface area contributed by atoms with Crippen LogP contribution in [0.3, 0.4) is 0 Å². The van der Waals surface area contributed by atoms with E-state index in [9.17, 15) is 9.59 Å². The van der Waals surface area contributed by atoms with Gasteiger partial charge in [0.05, 0.1) is 30.2 Å². The van der Waals surface area contributed by atoms with E-state index in [2.05, 4.69) is 10.6 Å². The van der Waals surface area contributed by atoms with Crippen molar-refractivity contribution in [2.45, 2.75) is 26.3 Å². The van der Waals surface area contributed by atoms with Crippen molar-refractivity contribution < 1.29 is 14.3 Å². The van der Waals surface area contributed by atoms with Gasteiger partial charge in [0.2, 0.25) is 11.8 Å². The molecule has 0 saturated heterocycles. The van der Waals surface area contributed by atoms with Crippen molar-refractivity contribution in [1.82, 2.24) is 0 Å². The summed E-state index contributed by atoms with van der Waals surface area (Å²) in [6, 6.07) is 14.7. The summed E-state index contributed by atoms with van der Waals surface area (Å²) >= 11 is 0. The minimum Gasteiger partial charge on any atom is -0.492 e. The summed E-state index contributed by atoms with van der Waals surface area (Å²) in [5, 5.41) is 6.02. The molecule has 0 fully saturated rings. The van der Waals surface area contributed by atoms with E-state index in [0.717, 1.165) is 11.4 Å². The first-order chi connectivity index (χ1) is 12.6. The molecule has 6 heteroatoms. The van der Waals surface area contributed by atoms with Gasteiger partial charge in [-0.3, -0.25) is 9.59 Å². The van der Waals surface area contributed by atoms with Crippen molar-refractivity contribution in [3.05, 3.63) is 48.5 Å². The highest BCUT2D eigenvalue weighted by atomic mass is 16.5. The van der Waals surface area contributed by atoms with Crippen LogP contribution in [-0.4, -0.2) is 31.0 Å².